The number of hydrogen-bond acceptors (Lipinski definition) is 4. The molecule has 1 aromatic carbocycles. The molecule has 0 radical (unpaired) electrons. The van der Waals surface area contributed by atoms with Crippen molar-refractivity contribution in [2.45, 2.75) is 26.0 Å². The molecule has 5 nitrogen and oxygen atoms in total. The minimum atomic E-state index is -0.503. The molecule has 1 amide bonds. The second-order valence-corrected chi connectivity index (χ2v) is 5.77. The number of ether oxygens (including phenoxy) is 2. The van der Waals surface area contributed by atoms with Gasteiger partial charge in [-0.05, 0) is 25.0 Å². The van der Waals surface area contributed by atoms with Gasteiger partial charge in [0.15, 0.2) is 0 Å². The highest BCUT2D eigenvalue weighted by Crippen LogP contribution is 2.21. The second-order valence-electron chi connectivity index (χ2n) is 5.77. The van der Waals surface area contributed by atoms with Gasteiger partial charge in [0.2, 0.25) is 5.95 Å². The van der Waals surface area contributed by atoms with Crippen LogP contribution in [0.2, 0.25) is 0 Å². The molecular formula is C18H19FN2O3. The van der Waals surface area contributed by atoms with E-state index >= 15 is 0 Å². The lowest BCUT2D eigenvalue weighted by atomic mass is 10.1. The molecule has 6 heteroatoms. The largest absolute Gasteiger partial charge is 0.490 e. The average molecular weight is 330 g/mol. The lowest BCUT2D eigenvalue weighted by Gasteiger charge is -2.39. The number of hydrogen-bond donors (Lipinski definition) is 0. The first kappa shape index (κ1) is 16.2. The van der Waals surface area contributed by atoms with Crippen molar-refractivity contribution in [3.63, 3.8) is 0 Å². The number of rotatable bonds is 5. The summed E-state index contributed by atoms with van der Waals surface area (Å²) in [4.78, 5) is 17.4. The number of benzene rings is 1. The van der Waals surface area contributed by atoms with E-state index < -0.39 is 5.95 Å². The first-order valence-corrected chi connectivity index (χ1v) is 7.86. The van der Waals surface area contributed by atoms with Crippen molar-refractivity contribution < 1.29 is 18.7 Å². The molecule has 1 atom stereocenters. The summed E-state index contributed by atoms with van der Waals surface area (Å²) in [5.74, 6) is -0.00415. The third kappa shape index (κ3) is 3.82. The summed E-state index contributed by atoms with van der Waals surface area (Å²) in [7, 11) is 0. The van der Waals surface area contributed by atoms with Crippen LogP contribution in [0.15, 0.2) is 42.6 Å². The third-order valence-corrected chi connectivity index (χ3v) is 4.02. The van der Waals surface area contributed by atoms with Gasteiger partial charge in [-0.1, -0.05) is 30.3 Å². The quantitative estimate of drug-likeness (QED) is 0.789. The normalized spacial score (nSPS) is 16.4. The Bertz CT molecular complexity index is 709. The molecule has 1 aliphatic heterocycles. The molecule has 1 aliphatic rings. The van der Waals surface area contributed by atoms with Crippen molar-refractivity contribution in [1.29, 1.82) is 0 Å². The highest BCUT2D eigenvalue weighted by Gasteiger charge is 2.33. The highest BCUT2D eigenvalue weighted by molar-refractivity contribution is 5.69. The monoisotopic (exact) mass is 330 g/mol. The molecule has 0 saturated carbocycles. The second kappa shape index (κ2) is 7.29. The average Bonchev–Trinajstić information content (AvgIpc) is 2.56. The Balaban J connectivity index is 1.47. The van der Waals surface area contributed by atoms with Crippen molar-refractivity contribution >= 4 is 6.09 Å². The molecule has 0 bridgehead atoms. The predicted molar refractivity (Wildman–Crippen MR) is 86.2 cm³/mol. The molecule has 126 valence electrons. The van der Waals surface area contributed by atoms with Gasteiger partial charge in [-0.3, -0.25) is 0 Å². The summed E-state index contributed by atoms with van der Waals surface area (Å²) in [6, 6.07) is 11.1. The maximum atomic E-state index is 13.1. The zero-order valence-electron chi connectivity index (χ0n) is 13.4. The van der Waals surface area contributed by atoms with E-state index in [0.717, 1.165) is 12.0 Å². The Morgan fingerprint density at radius 2 is 2.17 bits per heavy atom. The molecule has 2 heterocycles. The van der Waals surface area contributed by atoms with Crippen LogP contribution in [0.4, 0.5) is 9.18 Å². The van der Waals surface area contributed by atoms with Crippen LogP contribution >= 0.6 is 0 Å². The van der Waals surface area contributed by atoms with E-state index in [1.54, 1.807) is 17.9 Å². The lowest BCUT2D eigenvalue weighted by molar-refractivity contribution is 0.0259. The third-order valence-electron chi connectivity index (χ3n) is 4.02. The Morgan fingerprint density at radius 1 is 1.38 bits per heavy atom. The van der Waals surface area contributed by atoms with Crippen LogP contribution in [0.1, 0.15) is 17.5 Å². The number of amides is 1. The van der Waals surface area contributed by atoms with Gasteiger partial charge in [-0.25, -0.2) is 9.78 Å². The van der Waals surface area contributed by atoms with Gasteiger partial charge < -0.3 is 14.4 Å². The highest BCUT2D eigenvalue weighted by atomic mass is 19.1. The topological polar surface area (TPSA) is 51.7 Å². The number of halogens is 1. The van der Waals surface area contributed by atoms with E-state index in [0.29, 0.717) is 24.5 Å². The first-order valence-electron chi connectivity index (χ1n) is 7.86. The Labute approximate surface area is 140 Å². The van der Waals surface area contributed by atoms with Crippen molar-refractivity contribution in [3.8, 4) is 5.75 Å². The summed E-state index contributed by atoms with van der Waals surface area (Å²) in [5, 5.41) is 0. The maximum Gasteiger partial charge on any atom is 0.410 e. The van der Waals surface area contributed by atoms with E-state index in [1.165, 1.54) is 6.20 Å². The van der Waals surface area contributed by atoms with Crippen LogP contribution in [-0.2, 0) is 11.3 Å². The molecule has 24 heavy (non-hydrogen) atoms. The van der Waals surface area contributed by atoms with E-state index in [1.807, 2.05) is 30.3 Å². The van der Waals surface area contributed by atoms with Gasteiger partial charge >= 0.3 is 6.09 Å². The summed E-state index contributed by atoms with van der Waals surface area (Å²) in [6.07, 6.45) is 1.86. The predicted octanol–water partition coefficient (Wildman–Crippen LogP) is 3.32. The van der Waals surface area contributed by atoms with E-state index in [2.05, 4.69) is 4.98 Å². The van der Waals surface area contributed by atoms with E-state index in [4.69, 9.17) is 9.47 Å². The van der Waals surface area contributed by atoms with Crippen molar-refractivity contribution in [1.82, 2.24) is 9.88 Å². The molecule has 0 spiro atoms. The molecular weight excluding hydrogens is 311 g/mol. The summed E-state index contributed by atoms with van der Waals surface area (Å²) in [6.45, 7) is 2.88. The number of pyridine rings is 1. The summed E-state index contributed by atoms with van der Waals surface area (Å²) < 4.78 is 24.1. The fourth-order valence-corrected chi connectivity index (χ4v) is 2.46. The molecule has 1 saturated heterocycles. The molecule has 2 aromatic rings. The smallest absolute Gasteiger partial charge is 0.410 e. The first-order chi connectivity index (χ1) is 11.6. The SMILES string of the molecule is Cc1cc(OC[C@H]2CCN2C(=O)OCc2ccccc2)cnc1F. The van der Waals surface area contributed by atoms with Crippen LogP contribution in [0.25, 0.3) is 0 Å². The van der Waals surface area contributed by atoms with Crippen molar-refractivity contribution in [3.05, 3.63) is 59.7 Å². The fraction of sp³-hybridized carbons (Fsp3) is 0.333. The Hall–Kier alpha value is -2.63. The molecule has 3 rings (SSSR count). The summed E-state index contributed by atoms with van der Waals surface area (Å²) in [5.41, 5.74) is 1.38. The number of aromatic nitrogens is 1. The van der Waals surface area contributed by atoms with Crippen molar-refractivity contribution in [2.24, 2.45) is 0 Å². The molecule has 0 unspecified atom stereocenters. The number of nitrogens with zero attached hydrogens (tertiary/aromatic N) is 2. The number of aryl methyl sites for hydroxylation is 1. The fourth-order valence-electron chi connectivity index (χ4n) is 2.46. The number of carbonyl (C=O) groups is 1. The van der Waals surface area contributed by atoms with Gasteiger partial charge in [-0.2, -0.15) is 4.39 Å². The zero-order valence-corrected chi connectivity index (χ0v) is 13.4. The van der Waals surface area contributed by atoms with Gasteiger partial charge in [0, 0.05) is 12.1 Å². The van der Waals surface area contributed by atoms with Crippen LogP contribution < -0.4 is 4.74 Å². The minimum Gasteiger partial charge on any atom is -0.490 e. The van der Waals surface area contributed by atoms with Gasteiger partial charge in [0.1, 0.15) is 19.0 Å². The Morgan fingerprint density at radius 3 is 2.83 bits per heavy atom. The molecule has 1 aromatic heterocycles. The molecule has 0 N–H and O–H groups in total. The number of likely N-dealkylation sites (tertiary alicyclic amines) is 1. The van der Waals surface area contributed by atoms with E-state index in [9.17, 15) is 9.18 Å². The van der Waals surface area contributed by atoms with Crippen LogP contribution in [-0.4, -0.2) is 35.2 Å². The number of carbonyl (C=O) groups excluding carboxylic acids is 1. The minimum absolute atomic E-state index is 0.0290. The maximum absolute atomic E-state index is 13.1. The van der Waals surface area contributed by atoms with E-state index in [-0.39, 0.29) is 18.7 Å². The molecule has 1 fully saturated rings. The van der Waals surface area contributed by atoms with Crippen LogP contribution in [0, 0.1) is 12.9 Å². The van der Waals surface area contributed by atoms with Gasteiger partial charge in [-0.15, -0.1) is 0 Å². The Kier molecular flexibility index (Phi) is 4.93. The lowest BCUT2D eigenvalue weighted by Crippen LogP contribution is -2.54. The summed E-state index contributed by atoms with van der Waals surface area (Å²) >= 11 is 0. The van der Waals surface area contributed by atoms with Gasteiger partial charge in [0.05, 0.1) is 12.2 Å². The standard InChI is InChI=1S/C18H19FN2O3/c1-13-9-16(10-20-17(13)19)23-12-15-7-8-21(15)18(22)24-11-14-5-3-2-4-6-14/h2-6,9-10,15H,7-8,11-12H2,1H3/t15-/m1/s1. The van der Waals surface area contributed by atoms with Gasteiger partial charge in [0.25, 0.3) is 0 Å². The van der Waals surface area contributed by atoms with Crippen LogP contribution in [0.3, 0.4) is 0 Å². The van der Waals surface area contributed by atoms with Crippen molar-refractivity contribution in [2.75, 3.05) is 13.2 Å². The molecule has 0 aliphatic carbocycles. The zero-order chi connectivity index (χ0) is 16.9. The van der Waals surface area contributed by atoms with Crippen LogP contribution in [0.5, 0.6) is 5.75 Å².